The van der Waals surface area contributed by atoms with Crippen LogP contribution in [0.4, 0.5) is 0 Å². The van der Waals surface area contributed by atoms with E-state index >= 15 is 0 Å². The molecule has 0 spiro atoms. The van der Waals surface area contributed by atoms with Crippen molar-refractivity contribution < 1.29 is 9.90 Å². The van der Waals surface area contributed by atoms with Crippen molar-refractivity contribution >= 4 is 5.97 Å². The van der Waals surface area contributed by atoms with Crippen molar-refractivity contribution in [1.82, 2.24) is 10.2 Å². The molecule has 0 aromatic rings. The Balaban J connectivity index is 2.46. The van der Waals surface area contributed by atoms with Crippen molar-refractivity contribution in [2.45, 2.75) is 77.8 Å². The molecule has 1 atom stereocenters. The van der Waals surface area contributed by atoms with Crippen LogP contribution in [0.1, 0.15) is 66.2 Å². The van der Waals surface area contributed by atoms with Crippen molar-refractivity contribution in [2.75, 3.05) is 20.1 Å². The molecule has 1 fully saturated rings. The van der Waals surface area contributed by atoms with Crippen LogP contribution in [0.25, 0.3) is 0 Å². The van der Waals surface area contributed by atoms with Gasteiger partial charge in [-0.3, -0.25) is 4.79 Å². The third-order valence-electron chi connectivity index (χ3n) is 5.13. The molecule has 0 saturated heterocycles. The highest BCUT2D eigenvalue weighted by molar-refractivity contribution is 5.78. The third kappa shape index (κ3) is 5.59. The second kappa shape index (κ2) is 7.59. The van der Waals surface area contributed by atoms with Crippen LogP contribution in [0.15, 0.2) is 0 Å². The zero-order chi connectivity index (χ0) is 16.1. The number of carbonyl (C=O) groups is 1. The average molecular weight is 298 g/mol. The maximum Gasteiger partial charge on any atom is 0.323 e. The van der Waals surface area contributed by atoms with E-state index in [0.717, 1.165) is 19.5 Å². The lowest BCUT2D eigenvalue weighted by atomic mass is 9.75. The van der Waals surface area contributed by atoms with Gasteiger partial charge in [-0.05, 0) is 64.5 Å². The third-order valence-corrected chi connectivity index (χ3v) is 5.13. The zero-order valence-electron chi connectivity index (χ0n) is 14.5. The molecule has 1 aliphatic rings. The highest BCUT2D eigenvalue weighted by Crippen LogP contribution is 2.36. The lowest BCUT2D eigenvalue weighted by molar-refractivity contribution is -0.144. The second-order valence-corrected chi connectivity index (χ2v) is 7.69. The van der Waals surface area contributed by atoms with Gasteiger partial charge in [-0.15, -0.1) is 0 Å². The van der Waals surface area contributed by atoms with Crippen LogP contribution >= 0.6 is 0 Å². The maximum absolute atomic E-state index is 11.5. The Labute approximate surface area is 130 Å². The molecule has 4 heteroatoms. The fourth-order valence-electron chi connectivity index (χ4n) is 3.08. The van der Waals surface area contributed by atoms with Crippen LogP contribution in [-0.2, 0) is 4.79 Å². The van der Waals surface area contributed by atoms with E-state index in [2.05, 4.69) is 38.0 Å². The predicted molar refractivity (Wildman–Crippen MR) is 87.6 cm³/mol. The molecule has 4 nitrogen and oxygen atoms in total. The maximum atomic E-state index is 11.5. The molecule has 0 aromatic carbocycles. The minimum atomic E-state index is -0.807. The summed E-state index contributed by atoms with van der Waals surface area (Å²) in [4.78, 5) is 13.9. The number of carboxylic acids is 1. The lowest BCUT2D eigenvalue weighted by Crippen LogP contribution is -2.52. The lowest BCUT2D eigenvalue weighted by Gasteiger charge is -2.39. The van der Waals surface area contributed by atoms with Gasteiger partial charge in [0, 0.05) is 12.6 Å². The van der Waals surface area contributed by atoms with Crippen molar-refractivity contribution in [3.63, 3.8) is 0 Å². The molecule has 0 bridgehead atoms. The van der Waals surface area contributed by atoms with Gasteiger partial charge in [0.2, 0.25) is 0 Å². The molecule has 0 radical (unpaired) electrons. The Kier molecular flexibility index (Phi) is 6.67. The molecular formula is C17H34N2O2. The molecule has 0 aromatic heterocycles. The van der Waals surface area contributed by atoms with E-state index in [1.54, 1.807) is 0 Å². The first kappa shape index (κ1) is 18.4. The van der Waals surface area contributed by atoms with Crippen molar-refractivity contribution in [3.8, 4) is 0 Å². The van der Waals surface area contributed by atoms with Gasteiger partial charge in [-0.2, -0.15) is 0 Å². The van der Waals surface area contributed by atoms with Crippen LogP contribution in [0.3, 0.4) is 0 Å². The SMILES string of the molecule is CCCNC(C)(CCN(C)C1CCC(C)(C)CC1)C(=O)O. The first-order valence-electron chi connectivity index (χ1n) is 8.39. The molecule has 1 saturated carbocycles. The first-order chi connectivity index (χ1) is 9.70. The van der Waals surface area contributed by atoms with E-state index in [-0.39, 0.29) is 0 Å². The van der Waals surface area contributed by atoms with Gasteiger partial charge >= 0.3 is 5.97 Å². The van der Waals surface area contributed by atoms with E-state index in [0.29, 0.717) is 17.9 Å². The number of aliphatic carboxylic acids is 1. The highest BCUT2D eigenvalue weighted by atomic mass is 16.4. The molecule has 0 heterocycles. The fourth-order valence-corrected chi connectivity index (χ4v) is 3.08. The summed E-state index contributed by atoms with van der Waals surface area (Å²) in [5.41, 5.74) is -0.326. The number of nitrogens with one attached hydrogen (secondary N) is 1. The molecule has 124 valence electrons. The van der Waals surface area contributed by atoms with Crippen molar-refractivity contribution in [2.24, 2.45) is 5.41 Å². The summed E-state index contributed by atoms with van der Waals surface area (Å²) in [5.74, 6) is -0.742. The Bertz CT molecular complexity index is 334. The van der Waals surface area contributed by atoms with Gasteiger partial charge in [-0.25, -0.2) is 0 Å². The highest BCUT2D eigenvalue weighted by Gasteiger charge is 2.34. The van der Waals surface area contributed by atoms with Gasteiger partial charge in [-0.1, -0.05) is 20.8 Å². The topological polar surface area (TPSA) is 52.6 Å². The summed E-state index contributed by atoms with van der Waals surface area (Å²) in [7, 11) is 2.14. The Morgan fingerprint density at radius 3 is 2.43 bits per heavy atom. The van der Waals surface area contributed by atoms with Gasteiger partial charge in [0.1, 0.15) is 5.54 Å². The average Bonchev–Trinajstić information content (AvgIpc) is 2.42. The van der Waals surface area contributed by atoms with E-state index in [1.165, 1.54) is 25.7 Å². The van der Waals surface area contributed by atoms with E-state index in [9.17, 15) is 9.90 Å². The van der Waals surface area contributed by atoms with E-state index in [4.69, 9.17) is 0 Å². The normalized spacial score (nSPS) is 22.2. The summed E-state index contributed by atoms with van der Waals surface area (Å²) in [6.45, 7) is 10.2. The molecule has 0 aliphatic heterocycles. The first-order valence-corrected chi connectivity index (χ1v) is 8.39. The summed E-state index contributed by atoms with van der Waals surface area (Å²) >= 11 is 0. The Morgan fingerprint density at radius 2 is 1.95 bits per heavy atom. The van der Waals surface area contributed by atoms with Crippen LogP contribution < -0.4 is 5.32 Å². The van der Waals surface area contributed by atoms with E-state index in [1.807, 2.05) is 6.92 Å². The number of hydrogen-bond acceptors (Lipinski definition) is 3. The molecule has 1 unspecified atom stereocenters. The largest absolute Gasteiger partial charge is 0.480 e. The molecule has 2 N–H and O–H groups in total. The standard InChI is InChI=1S/C17H34N2O2/c1-6-12-18-17(4,15(20)21)11-13-19(5)14-7-9-16(2,3)10-8-14/h14,18H,6-13H2,1-5H3,(H,20,21). The second-order valence-electron chi connectivity index (χ2n) is 7.69. The van der Waals surface area contributed by atoms with E-state index < -0.39 is 11.5 Å². The number of rotatable bonds is 8. The minimum absolute atomic E-state index is 0.482. The quantitative estimate of drug-likeness (QED) is 0.723. The van der Waals surface area contributed by atoms with Crippen LogP contribution in [0.2, 0.25) is 0 Å². The smallest absolute Gasteiger partial charge is 0.323 e. The van der Waals surface area contributed by atoms with Crippen molar-refractivity contribution in [1.29, 1.82) is 0 Å². The van der Waals surface area contributed by atoms with Gasteiger partial charge < -0.3 is 15.3 Å². The fraction of sp³-hybridized carbons (Fsp3) is 0.941. The Hall–Kier alpha value is -0.610. The number of carboxylic acid groups (broad SMARTS) is 1. The minimum Gasteiger partial charge on any atom is -0.480 e. The molecule has 1 aliphatic carbocycles. The molecule has 21 heavy (non-hydrogen) atoms. The summed E-state index contributed by atoms with van der Waals surface area (Å²) in [6, 6.07) is 0.613. The molecule has 1 rings (SSSR count). The van der Waals surface area contributed by atoms with Gasteiger partial charge in [0.25, 0.3) is 0 Å². The van der Waals surface area contributed by atoms with Crippen LogP contribution in [-0.4, -0.2) is 47.7 Å². The summed E-state index contributed by atoms with van der Waals surface area (Å²) in [6.07, 6.45) is 6.61. The van der Waals surface area contributed by atoms with Gasteiger partial charge in [0.15, 0.2) is 0 Å². The number of hydrogen-bond donors (Lipinski definition) is 2. The van der Waals surface area contributed by atoms with Gasteiger partial charge in [0.05, 0.1) is 0 Å². The summed E-state index contributed by atoms with van der Waals surface area (Å²) < 4.78 is 0. The van der Waals surface area contributed by atoms with Crippen LogP contribution in [0.5, 0.6) is 0 Å². The predicted octanol–water partition coefficient (Wildman–Crippen LogP) is 3.12. The monoisotopic (exact) mass is 298 g/mol. The number of nitrogens with zero attached hydrogens (tertiary/aromatic N) is 1. The Morgan fingerprint density at radius 1 is 1.38 bits per heavy atom. The van der Waals surface area contributed by atoms with Crippen molar-refractivity contribution in [3.05, 3.63) is 0 Å². The molecule has 0 amide bonds. The molecular weight excluding hydrogens is 264 g/mol. The van der Waals surface area contributed by atoms with Crippen LogP contribution in [0, 0.1) is 5.41 Å². The zero-order valence-corrected chi connectivity index (χ0v) is 14.5. The summed E-state index contributed by atoms with van der Waals surface area (Å²) in [5, 5.41) is 12.7.